The zero-order chi connectivity index (χ0) is 13.9. The van der Waals surface area contributed by atoms with Crippen LogP contribution < -0.4 is 0 Å². The van der Waals surface area contributed by atoms with Crippen molar-refractivity contribution >= 4 is 11.9 Å². The van der Waals surface area contributed by atoms with Gasteiger partial charge in [0.25, 0.3) is 0 Å². The summed E-state index contributed by atoms with van der Waals surface area (Å²) in [5, 5.41) is 9.07. The summed E-state index contributed by atoms with van der Waals surface area (Å²) in [6, 6.07) is 0.101. The van der Waals surface area contributed by atoms with Crippen LogP contribution in [0.2, 0.25) is 0 Å². The van der Waals surface area contributed by atoms with E-state index in [9.17, 15) is 9.59 Å². The van der Waals surface area contributed by atoms with Gasteiger partial charge in [-0.2, -0.15) is 0 Å². The van der Waals surface area contributed by atoms with Crippen LogP contribution >= 0.6 is 0 Å². The maximum absolute atomic E-state index is 12.4. The summed E-state index contributed by atoms with van der Waals surface area (Å²) in [7, 11) is 0. The first-order valence-corrected chi connectivity index (χ1v) is 7.11. The molecule has 0 spiro atoms. The number of carbonyl (C=O) groups is 2. The summed E-state index contributed by atoms with van der Waals surface area (Å²) in [4.78, 5) is 25.3. The van der Waals surface area contributed by atoms with Gasteiger partial charge in [-0.05, 0) is 25.2 Å². The van der Waals surface area contributed by atoms with Gasteiger partial charge in [0, 0.05) is 13.0 Å². The fourth-order valence-corrected chi connectivity index (χ4v) is 3.38. The molecule has 1 saturated heterocycles. The molecule has 0 aromatic heterocycles. The van der Waals surface area contributed by atoms with Gasteiger partial charge < -0.3 is 14.7 Å². The molecule has 0 aromatic carbocycles. The lowest BCUT2D eigenvalue weighted by Crippen LogP contribution is -2.48. The van der Waals surface area contributed by atoms with E-state index < -0.39 is 5.97 Å². The van der Waals surface area contributed by atoms with Gasteiger partial charge in [-0.25, -0.2) is 0 Å². The Morgan fingerprint density at radius 2 is 2.00 bits per heavy atom. The molecule has 1 amide bonds. The molecule has 0 unspecified atom stereocenters. The highest BCUT2D eigenvalue weighted by molar-refractivity contribution is 5.78. The third kappa shape index (κ3) is 3.47. The third-order valence-corrected chi connectivity index (χ3v) is 4.40. The first-order valence-electron chi connectivity index (χ1n) is 7.11. The molecule has 1 saturated carbocycles. The van der Waals surface area contributed by atoms with E-state index in [-0.39, 0.29) is 23.8 Å². The smallest absolute Gasteiger partial charge is 0.303 e. The van der Waals surface area contributed by atoms with E-state index in [0.29, 0.717) is 26.2 Å². The highest BCUT2D eigenvalue weighted by Crippen LogP contribution is 2.44. The number of amides is 1. The first kappa shape index (κ1) is 14.3. The minimum atomic E-state index is -0.787. The van der Waals surface area contributed by atoms with Crippen LogP contribution in [0.3, 0.4) is 0 Å². The minimum absolute atomic E-state index is 0.0963. The largest absolute Gasteiger partial charge is 0.481 e. The van der Waals surface area contributed by atoms with Gasteiger partial charge in [-0.1, -0.05) is 12.8 Å². The van der Waals surface area contributed by atoms with Crippen LogP contribution in [0.5, 0.6) is 0 Å². The molecule has 108 valence electrons. The molecule has 5 nitrogen and oxygen atoms in total. The minimum Gasteiger partial charge on any atom is -0.481 e. The number of carbonyl (C=O) groups excluding carboxylic acids is 1. The highest BCUT2D eigenvalue weighted by Gasteiger charge is 2.39. The molecule has 19 heavy (non-hydrogen) atoms. The number of carboxylic acids is 1. The molecule has 1 aliphatic carbocycles. The van der Waals surface area contributed by atoms with Gasteiger partial charge in [-0.3, -0.25) is 9.59 Å². The molecule has 2 fully saturated rings. The van der Waals surface area contributed by atoms with Crippen LogP contribution in [0, 0.1) is 5.41 Å². The molecular formula is C14H23NO4. The van der Waals surface area contributed by atoms with Crippen molar-refractivity contribution in [1.29, 1.82) is 0 Å². The second-order valence-corrected chi connectivity index (χ2v) is 5.97. The van der Waals surface area contributed by atoms with E-state index in [2.05, 4.69) is 0 Å². The van der Waals surface area contributed by atoms with Crippen molar-refractivity contribution in [2.45, 2.75) is 51.5 Å². The molecule has 0 radical (unpaired) electrons. The third-order valence-electron chi connectivity index (χ3n) is 4.40. The van der Waals surface area contributed by atoms with Crippen LogP contribution in [0.25, 0.3) is 0 Å². The van der Waals surface area contributed by atoms with Gasteiger partial charge in [0.05, 0.1) is 25.7 Å². The van der Waals surface area contributed by atoms with Crippen LogP contribution in [0.15, 0.2) is 0 Å². The monoisotopic (exact) mass is 269 g/mol. The normalized spacial score (nSPS) is 26.4. The number of nitrogens with zero attached hydrogens (tertiary/aromatic N) is 1. The van der Waals surface area contributed by atoms with Gasteiger partial charge in [0.1, 0.15) is 0 Å². The summed E-state index contributed by atoms with van der Waals surface area (Å²) >= 11 is 0. The number of hydrogen-bond acceptors (Lipinski definition) is 3. The van der Waals surface area contributed by atoms with E-state index in [1.54, 1.807) is 0 Å². The highest BCUT2D eigenvalue weighted by atomic mass is 16.5. The topological polar surface area (TPSA) is 66.8 Å². The first-order chi connectivity index (χ1) is 9.02. The SMILES string of the molecule is C[C@@H]1COCCN1C(=O)CC1(CC(=O)O)CCCC1. The quantitative estimate of drug-likeness (QED) is 0.843. The Morgan fingerprint density at radius 3 is 2.58 bits per heavy atom. The summed E-state index contributed by atoms with van der Waals surface area (Å²) in [6.07, 6.45) is 4.31. The lowest BCUT2D eigenvalue weighted by atomic mass is 9.79. The number of hydrogen-bond donors (Lipinski definition) is 1. The Labute approximate surface area is 113 Å². The number of rotatable bonds is 4. The van der Waals surface area contributed by atoms with Crippen molar-refractivity contribution < 1.29 is 19.4 Å². The van der Waals surface area contributed by atoms with Gasteiger partial charge in [0.15, 0.2) is 0 Å². The molecule has 0 aromatic rings. The fraction of sp³-hybridized carbons (Fsp3) is 0.857. The van der Waals surface area contributed by atoms with E-state index >= 15 is 0 Å². The predicted octanol–water partition coefficient (Wildman–Crippen LogP) is 1.66. The van der Waals surface area contributed by atoms with Gasteiger partial charge >= 0.3 is 5.97 Å². The summed E-state index contributed by atoms with van der Waals surface area (Å²) in [5.74, 6) is -0.691. The maximum Gasteiger partial charge on any atom is 0.303 e. The summed E-state index contributed by atoms with van der Waals surface area (Å²) < 4.78 is 5.33. The Hall–Kier alpha value is -1.10. The van der Waals surface area contributed by atoms with E-state index in [0.717, 1.165) is 25.7 Å². The number of carboxylic acid groups (broad SMARTS) is 1. The van der Waals surface area contributed by atoms with Crippen molar-refractivity contribution in [3.05, 3.63) is 0 Å². The second kappa shape index (κ2) is 5.90. The second-order valence-electron chi connectivity index (χ2n) is 5.97. The molecule has 1 heterocycles. The summed E-state index contributed by atoms with van der Waals surface area (Å²) in [6.45, 7) is 3.78. The Balaban J connectivity index is 2.00. The molecule has 5 heteroatoms. The molecule has 0 bridgehead atoms. The van der Waals surface area contributed by atoms with E-state index in [1.807, 2.05) is 11.8 Å². The average Bonchev–Trinajstić information content (AvgIpc) is 2.76. The molecule has 1 aliphatic heterocycles. The lowest BCUT2D eigenvalue weighted by molar-refractivity contribution is -0.144. The van der Waals surface area contributed by atoms with Crippen molar-refractivity contribution in [1.82, 2.24) is 4.90 Å². The number of morpholine rings is 1. The maximum atomic E-state index is 12.4. The van der Waals surface area contributed by atoms with Crippen LogP contribution in [-0.4, -0.2) is 47.7 Å². The molecule has 1 N–H and O–H groups in total. The van der Waals surface area contributed by atoms with Crippen molar-refractivity contribution in [2.75, 3.05) is 19.8 Å². The van der Waals surface area contributed by atoms with Crippen molar-refractivity contribution in [3.8, 4) is 0 Å². The van der Waals surface area contributed by atoms with Crippen LogP contribution in [-0.2, 0) is 14.3 Å². The number of aliphatic carboxylic acids is 1. The zero-order valence-electron chi connectivity index (χ0n) is 11.6. The van der Waals surface area contributed by atoms with Gasteiger partial charge in [0.2, 0.25) is 5.91 Å². The predicted molar refractivity (Wildman–Crippen MR) is 69.8 cm³/mol. The molecule has 1 atom stereocenters. The lowest BCUT2D eigenvalue weighted by Gasteiger charge is -2.36. The molecule has 2 rings (SSSR count). The fourth-order valence-electron chi connectivity index (χ4n) is 3.38. The van der Waals surface area contributed by atoms with Crippen molar-refractivity contribution in [2.24, 2.45) is 5.41 Å². The van der Waals surface area contributed by atoms with E-state index in [1.165, 1.54) is 0 Å². The Kier molecular flexibility index (Phi) is 4.45. The van der Waals surface area contributed by atoms with Gasteiger partial charge in [-0.15, -0.1) is 0 Å². The molecular weight excluding hydrogens is 246 g/mol. The molecule has 2 aliphatic rings. The van der Waals surface area contributed by atoms with E-state index in [4.69, 9.17) is 9.84 Å². The zero-order valence-corrected chi connectivity index (χ0v) is 11.6. The number of ether oxygens (including phenoxy) is 1. The van der Waals surface area contributed by atoms with Crippen LogP contribution in [0.1, 0.15) is 45.4 Å². The Bertz CT molecular complexity index is 349. The Morgan fingerprint density at radius 1 is 1.32 bits per heavy atom. The summed E-state index contributed by atoms with van der Waals surface area (Å²) in [5.41, 5.74) is -0.305. The average molecular weight is 269 g/mol. The standard InChI is InChI=1S/C14H23NO4/c1-11-10-19-7-6-15(11)12(16)8-14(9-13(17)18)4-2-3-5-14/h11H,2-10H2,1H3,(H,17,18)/t11-/m1/s1. The van der Waals surface area contributed by atoms with Crippen molar-refractivity contribution in [3.63, 3.8) is 0 Å². The van der Waals surface area contributed by atoms with Crippen LogP contribution in [0.4, 0.5) is 0 Å².